The lowest BCUT2D eigenvalue weighted by Crippen LogP contribution is -2.59. The molecule has 5 heteroatoms. The Morgan fingerprint density at radius 1 is 1.50 bits per heavy atom. The van der Waals surface area contributed by atoms with Gasteiger partial charge in [0.05, 0.1) is 17.7 Å². The second-order valence-electron chi connectivity index (χ2n) is 5.86. The predicted octanol–water partition coefficient (Wildman–Crippen LogP) is 0.139. The molecule has 3 N–H and O–H groups in total. The number of ether oxygens (including phenoxy) is 1. The Hall–Kier alpha value is -1.43. The van der Waals surface area contributed by atoms with Crippen LogP contribution in [0.4, 0.5) is 0 Å². The van der Waals surface area contributed by atoms with E-state index in [4.69, 9.17) is 4.74 Å². The molecule has 0 unspecified atom stereocenters. The molecule has 1 fully saturated rings. The van der Waals surface area contributed by atoms with Gasteiger partial charge >= 0.3 is 0 Å². The normalized spacial score (nSPS) is 26.7. The lowest BCUT2D eigenvalue weighted by Gasteiger charge is -2.38. The van der Waals surface area contributed by atoms with Gasteiger partial charge in [-0.3, -0.25) is 4.79 Å². The van der Waals surface area contributed by atoms with Gasteiger partial charge in [0.25, 0.3) is 0 Å². The minimum atomic E-state index is -0.558. The van der Waals surface area contributed by atoms with E-state index in [0.29, 0.717) is 6.42 Å². The van der Waals surface area contributed by atoms with Crippen LogP contribution in [0.15, 0.2) is 24.3 Å². The first-order valence-electron chi connectivity index (χ1n) is 6.97. The largest absolute Gasteiger partial charge is 0.390 e. The van der Waals surface area contributed by atoms with Gasteiger partial charge in [-0.05, 0) is 18.1 Å². The van der Waals surface area contributed by atoms with Crippen molar-refractivity contribution in [3.63, 3.8) is 0 Å². The number of benzene rings is 1. The average Bonchev–Trinajstić information content (AvgIpc) is 2.71. The van der Waals surface area contributed by atoms with Crippen LogP contribution in [0.2, 0.25) is 0 Å². The Bertz CT molecular complexity index is 514. The fraction of sp³-hybridized carbons (Fsp3) is 0.533. The molecule has 1 aliphatic carbocycles. The average molecular weight is 276 g/mol. The van der Waals surface area contributed by atoms with Crippen LogP contribution in [0.3, 0.4) is 0 Å². The van der Waals surface area contributed by atoms with Crippen molar-refractivity contribution >= 4 is 5.91 Å². The molecule has 1 heterocycles. The van der Waals surface area contributed by atoms with E-state index < -0.39 is 6.10 Å². The molecular weight excluding hydrogens is 256 g/mol. The van der Waals surface area contributed by atoms with Crippen molar-refractivity contribution in [2.45, 2.75) is 31.1 Å². The lowest BCUT2D eigenvalue weighted by atomic mass is 10.0. The van der Waals surface area contributed by atoms with E-state index in [1.807, 2.05) is 31.2 Å². The molecular formula is C15H20N2O3. The molecule has 0 bridgehead atoms. The van der Waals surface area contributed by atoms with Gasteiger partial charge in [-0.25, -0.2) is 0 Å². The van der Waals surface area contributed by atoms with Crippen LogP contribution in [0.25, 0.3) is 0 Å². The van der Waals surface area contributed by atoms with Gasteiger partial charge in [-0.2, -0.15) is 0 Å². The van der Waals surface area contributed by atoms with Crippen molar-refractivity contribution in [2.75, 3.05) is 19.7 Å². The summed E-state index contributed by atoms with van der Waals surface area (Å²) in [7, 11) is 0. The van der Waals surface area contributed by atoms with Crippen LogP contribution in [0, 0.1) is 0 Å². The molecule has 1 aromatic carbocycles. The van der Waals surface area contributed by atoms with Gasteiger partial charge < -0.3 is 20.5 Å². The molecule has 1 aromatic rings. The van der Waals surface area contributed by atoms with Crippen molar-refractivity contribution < 1.29 is 14.6 Å². The standard InChI is InChI=1S/C15H20N2O3/c1-15(8-16-9-15)20-7-13(19)17-14-11-5-3-2-4-10(11)6-12(14)18/h2-5,12,14,16,18H,6-9H2,1H3,(H,17,19)/t12-,14+/m0/s1. The monoisotopic (exact) mass is 276 g/mol. The topological polar surface area (TPSA) is 70.6 Å². The van der Waals surface area contributed by atoms with Gasteiger partial charge in [0, 0.05) is 19.5 Å². The smallest absolute Gasteiger partial charge is 0.246 e. The molecule has 0 aromatic heterocycles. The first-order valence-corrected chi connectivity index (χ1v) is 6.97. The first kappa shape index (κ1) is 13.5. The van der Waals surface area contributed by atoms with E-state index in [-0.39, 0.29) is 24.2 Å². The maximum atomic E-state index is 12.0. The van der Waals surface area contributed by atoms with Crippen LogP contribution in [-0.4, -0.2) is 42.4 Å². The summed E-state index contributed by atoms with van der Waals surface area (Å²) in [5.74, 6) is -0.182. The Balaban J connectivity index is 1.58. The second-order valence-corrected chi connectivity index (χ2v) is 5.86. The molecule has 1 saturated heterocycles. The highest BCUT2D eigenvalue weighted by atomic mass is 16.5. The molecule has 0 radical (unpaired) electrons. The summed E-state index contributed by atoms with van der Waals surface area (Å²) in [5, 5.41) is 16.1. The summed E-state index contributed by atoms with van der Waals surface area (Å²) in [6.07, 6.45) is 0.0289. The molecule has 0 spiro atoms. The number of amides is 1. The number of hydrogen-bond acceptors (Lipinski definition) is 4. The minimum absolute atomic E-state index is 0.0313. The highest BCUT2D eigenvalue weighted by Gasteiger charge is 2.35. The van der Waals surface area contributed by atoms with Crippen molar-refractivity contribution in [3.05, 3.63) is 35.4 Å². The third kappa shape index (κ3) is 2.57. The Morgan fingerprint density at radius 2 is 2.25 bits per heavy atom. The van der Waals surface area contributed by atoms with E-state index in [0.717, 1.165) is 24.2 Å². The Labute approximate surface area is 118 Å². The molecule has 5 nitrogen and oxygen atoms in total. The highest BCUT2D eigenvalue weighted by Crippen LogP contribution is 2.31. The minimum Gasteiger partial charge on any atom is -0.390 e. The highest BCUT2D eigenvalue weighted by molar-refractivity contribution is 5.78. The summed E-state index contributed by atoms with van der Waals surface area (Å²) in [5.41, 5.74) is 1.87. The Kier molecular flexibility index (Phi) is 3.50. The Morgan fingerprint density at radius 3 is 2.95 bits per heavy atom. The zero-order valence-corrected chi connectivity index (χ0v) is 11.6. The second kappa shape index (κ2) is 5.16. The van der Waals surface area contributed by atoms with Gasteiger partial charge in [0.1, 0.15) is 6.61 Å². The number of fused-ring (bicyclic) bond motifs is 1. The molecule has 3 rings (SSSR count). The lowest BCUT2D eigenvalue weighted by molar-refractivity contribution is -0.137. The number of rotatable bonds is 4. The number of hydrogen-bond donors (Lipinski definition) is 3. The SMILES string of the molecule is CC1(OCC(=O)N[C@@H]2c3ccccc3C[C@@H]2O)CNC1. The molecule has 20 heavy (non-hydrogen) atoms. The van der Waals surface area contributed by atoms with Crippen molar-refractivity contribution in [2.24, 2.45) is 0 Å². The fourth-order valence-corrected chi connectivity index (χ4v) is 2.78. The molecule has 108 valence electrons. The van der Waals surface area contributed by atoms with Crippen LogP contribution in [0.5, 0.6) is 0 Å². The summed E-state index contributed by atoms with van der Waals surface area (Å²) >= 11 is 0. The van der Waals surface area contributed by atoms with Crippen molar-refractivity contribution in [1.82, 2.24) is 10.6 Å². The number of aliphatic hydroxyl groups is 1. The molecule has 2 aliphatic rings. The molecule has 2 atom stereocenters. The summed E-state index contributed by atoms with van der Waals surface area (Å²) in [6.45, 7) is 3.56. The third-order valence-electron chi connectivity index (χ3n) is 4.07. The predicted molar refractivity (Wildman–Crippen MR) is 74.3 cm³/mol. The molecule has 1 amide bonds. The molecule has 1 aliphatic heterocycles. The van der Waals surface area contributed by atoms with E-state index in [1.54, 1.807) is 0 Å². The van der Waals surface area contributed by atoms with Crippen LogP contribution >= 0.6 is 0 Å². The zero-order valence-electron chi connectivity index (χ0n) is 11.6. The van der Waals surface area contributed by atoms with Crippen molar-refractivity contribution in [1.29, 1.82) is 0 Å². The summed E-state index contributed by atoms with van der Waals surface area (Å²) in [6, 6.07) is 7.49. The quantitative estimate of drug-likeness (QED) is 0.731. The maximum Gasteiger partial charge on any atom is 0.246 e. The van der Waals surface area contributed by atoms with E-state index in [1.165, 1.54) is 0 Å². The van der Waals surface area contributed by atoms with Gasteiger partial charge in [0.15, 0.2) is 0 Å². The van der Waals surface area contributed by atoms with E-state index in [9.17, 15) is 9.90 Å². The fourth-order valence-electron chi connectivity index (χ4n) is 2.78. The number of aliphatic hydroxyl groups excluding tert-OH is 1. The van der Waals surface area contributed by atoms with Crippen molar-refractivity contribution in [3.8, 4) is 0 Å². The molecule has 0 saturated carbocycles. The first-order chi connectivity index (χ1) is 9.57. The zero-order chi connectivity index (χ0) is 14.2. The maximum absolute atomic E-state index is 12.0. The van der Waals surface area contributed by atoms with Crippen LogP contribution in [-0.2, 0) is 16.0 Å². The van der Waals surface area contributed by atoms with Gasteiger partial charge in [-0.1, -0.05) is 24.3 Å². The number of nitrogens with one attached hydrogen (secondary N) is 2. The summed E-state index contributed by atoms with van der Waals surface area (Å²) < 4.78 is 5.60. The van der Waals surface area contributed by atoms with Gasteiger partial charge in [0.2, 0.25) is 5.91 Å². The third-order valence-corrected chi connectivity index (χ3v) is 4.07. The summed E-state index contributed by atoms with van der Waals surface area (Å²) in [4.78, 5) is 12.0. The van der Waals surface area contributed by atoms with Crippen LogP contribution < -0.4 is 10.6 Å². The van der Waals surface area contributed by atoms with E-state index >= 15 is 0 Å². The number of carbonyl (C=O) groups is 1. The van der Waals surface area contributed by atoms with Gasteiger partial charge in [-0.15, -0.1) is 0 Å². The van der Waals surface area contributed by atoms with E-state index in [2.05, 4.69) is 10.6 Å². The van der Waals surface area contributed by atoms with Crippen LogP contribution in [0.1, 0.15) is 24.1 Å². The number of carbonyl (C=O) groups excluding carboxylic acids is 1.